The van der Waals surface area contributed by atoms with Gasteiger partial charge in [-0.05, 0) is 109 Å². The van der Waals surface area contributed by atoms with Gasteiger partial charge in [0.05, 0.1) is 58.9 Å². The summed E-state index contributed by atoms with van der Waals surface area (Å²) in [6.07, 6.45) is 6.19. The minimum atomic E-state index is 0.517. The Kier molecular flexibility index (Phi) is 14.9. The van der Waals surface area contributed by atoms with E-state index in [9.17, 15) is 0 Å². The lowest BCUT2D eigenvalue weighted by atomic mass is 10.1. The molecule has 348 valence electrons. The number of hydrogen-bond acceptors (Lipinski definition) is 9. The Morgan fingerprint density at radius 2 is 0.812 bits per heavy atom. The van der Waals surface area contributed by atoms with Crippen LogP contribution in [0.1, 0.15) is 24.0 Å². The molecule has 0 unspecified atom stereocenters. The van der Waals surface area contributed by atoms with Crippen LogP contribution in [-0.2, 0) is 14.2 Å². The fourth-order valence-electron chi connectivity index (χ4n) is 8.83. The number of pyridine rings is 2. The number of fused-ring (bicyclic) bond motifs is 4. The maximum absolute atomic E-state index is 5.98. The molecule has 6 aromatic carbocycles. The van der Waals surface area contributed by atoms with Crippen LogP contribution in [0.5, 0.6) is 0 Å². The lowest BCUT2D eigenvalue weighted by Gasteiger charge is -2.17. The number of nitrogens with zero attached hydrogens (tertiary/aromatic N) is 6. The summed E-state index contributed by atoms with van der Waals surface area (Å²) in [6, 6.07) is 59.7. The van der Waals surface area contributed by atoms with Crippen LogP contribution in [0.25, 0.3) is 45.3 Å². The summed E-state index contributed by atoms with van der Waals surface area (Å²) in [5.74, 6) is 0. The maximum Gasteiger partial charge on any atom is 0.133 e. The van der Waals surface area contributed by atoms with Crippen LogP contribution in [0.3, 0.4) is 0 Å². The number of ether oxygens (including phenoxy) is 3. The summed E-state index contributed by atoms with van der Waals surface area (Å²) in [5, 5.41) is 4.74. The van der Waals surface area contributed by atoms with E-state index in [2.05, 4.69) is 215 Å². The topological polar surface area (TPSA) is 68.8 Å². The van der Waals surface area contributed by atoms with Gasteiger partial charge in [0.15, 0.2) is 0 Å². The Balaban J connectivity index is 0.712. The summed E-state index contributed by atoms with van der Waals surface area (Å²) in [7, 11) is 4.28. The van der Waals surface area contributed by atoms with Gasteiger partial charge in [-0.2, -0.15) is 0 Å². The quantitative estimate of drug-likeness (QED) is 0.0794. The molecule has 9 nitrogen and oxygen atoms in total. The van der Waals surface area contributed by atoms with Crippen molar-refractivity contribution in [2.45, 2.75) is 22.6 Å². The van der Waals surface area contributed by atoms with Crippen LogP contribution in [0, 0.1) is 0 Å². The molecule has 0 N–H and O–H groups in total. The molecule has 2 aromatic heterocycles. The molecule has 4 heterocycles. The Morgan fingerprint density at radius 1 is 0.435 bits per heavy atom. The van der Waals surface area contributed by atoms with E-state index < -0.39 is 0 Å². The molecule has 0 bridgehead atoms. The average molecular weight is 949 g/mol. The summed E-state index contributed by atoms with van der Waals surface area (Å²) in [4.78, 5) is 17.4. The van der Waals surface area contributed by atoms with Gasteiger partial charge in [-0.15, -0.1) is 0 Å². The fourth-order valence-corrected chi connectivity index (χ4v) is 11.0. The highest BCUT2D eigenvalue weighted by atomic mass is 32.2. The van der Waals surface area contributed by atoms with Gasteiger partial charge in [-0.1, -0.05) is 121 Å². The lowest BCUT2D eigenvalue weighted by Crippen LogP contribution is -2.21. The summed E-state index contributed by atoms with van der Waals surface area (Å²) < 4.78 is 22.3. The summed E-state index contributed by atoms with van der Waals surface area (Å²) in [5.41, 5.74) is 11.0. The first-order valence-corrected chi connectivity index (χ1v) is 25.3. The molecule has 0 saturated carbocycles. The predicted octanol–water partition coefficient (Wildman–Crippen LogP) is 12.0. The number of thioether (sulfide) groups is 2. The number of rotatable bonds is 18. The number of aromatic nitrogens is 2. The largest absolute Gasteiger partial charge is 0.379 e. The Labute approximate surface area is 412 Å². The van der Waals surface area contributed by atoms with Crippen LogP contribution < -0.4 is 20.8 Å². The van der Waals surface area contributed by atoms with Crippen molar-refractivity contribution < 1.29 is 14.2 Å². The average Bonchev–Trinajstić information content (AvgIpc) is 3.89. The van der Waals surface area contributed by atoms with Crippen molar-refractivity contribution in [1.82, 2.24) is 9.13 Å². The van der Waals surface area contributed by atoms with Gasteiger partial charge in [0, 0.05) is 72.3 Å². The second-order valence-electron chi connectivity index (χ2n) is 16.8. The number of hydrogen-bond donors (Lipinski definition) is 0. The molecule has 0 spiro atoms. The van der Waals surface area contributed by atoms with Crippen molar-refractivity contribution >= 4 is 68.9 Å². The van der Waals surface area contributed by atoms with E-state index >= 15 is 0 Å². The van der Waals surface area contributed by atoms with Crippen molar-refractivity contribution in [3.63, 3.8) is 0 Å². The molecule has 0 atom stereocenters. The molecule has 0 aliphatic carbocycles. The third kappa shape index (κ3) is 10.5. The van der Waals surface area contributed by atoms with E-state index in [-0.39, 0.29) is 0 Å². The standard InChI is InChI=1S/C58H56N6O3S2/c1-61-51-27-13-15-29-53(51)68-57(61)41-43-39-55(63(45-19-5-3-6-20-45)49-25-11-9-23-47(43)49)59-31-17-33-65-35-37-67-38-36-66-34-18-32-60-56-40-44(42-58-62(2)52-28-14-16-30-54(52)69-58)48-24-10-12-26-50(48)64(56)46-21-7-4-8-22-46/h3-16,19-30,39-42H,17-18,31-38H2,1-2H3/b57-41+,58-42+,59-55?,60-56?. The van der Waals surface area contributed by atoms with Crippen LogP contribution in [-0.4, -0.2) is 76.0 Å². The second-order valence-corrected chi connectivity index (χ2v) is 18.9. The highest BCUT2D eigenvalue weighted by molar-refractivity contribution is 8.04. The SMILES string of the molecule is CN1/C(=C\c2cc(=NCCCOCCOCCOCCCN=c3cc(/C=C4/Sc5ccccc5N4C)c4ccccc4n3-c3ccccc3)n(-c3ccccc3)c3ccccc23)Sc2ccccc21. The maximum atomic E-state index is 5.98. The van der Waals surface area contributed by atoms with Crippen molar-refractivity contribution in [2.75, 3.05) is 76.6 Å². The zero-order valence-corrected chi connectivity index (χ0v) is 40.7. The van der Waals surface area contributed by atoms with Gasteiger partial charge in [-0.25, -0.2) is 0 Å². The minimum absolute atomic E-state index is 0.517. The van der Waals surface area contributed by atoms with Gasteiger partial charge in [0.25, 0.3) is 0 Å². The monoisotopic (exact) mass is 948 g/mol. The normalized spacial score (nSPS) is 15.0. The zero-order chi connectivity index (χ0) is 46.8. The summed E-state index contributed by atoms with van der Waals surface area (Å²) >= 11 is 3.61. The van der Waals surface area contributed by atoms with E-state index in [4.69, 9.17) is 24.2 Å². The van der Waals surface area contributed by atoms with Gasteiger partial charge >= 0.3 is 0 Å². The Morgan fingerprint density at radius 3 is 1.25 bits per heavy atom. The summed E-state index contributed by atoms with van der Waals surface area (Å²) in [6.45, 7) is 4.57. The van der Waals surface area contributed by atoms with Gasteiger partial charge in [0.2, 0.25) is 0 Å². The van der Waals surface area contributed by atoms with E-state index in [1.54, 1.807) is 23.5 Å². The van der Waals surface area contributed by atoms with E-state index in [0.717, 1.165) is 57.4 Å². The van der Waals surface area contributed by atoms with Crippen LogP contribution in [0.4, 0.5) is 11.4 Å². The van der Waals surface area contributed by atoms with Crippen molar-refractivity contribution in [2.24, 2.45) is 9.98 Å². The van der Waals surface area contributed by atoms with Gasteiger partial charge < -0.3 is 24.0 Å². The molecule has 10 rings (SSSR count). The fraction of sp³-hybridized carbons (Fsp3) is 0.207. The van der Waals surface area contributed by atoms with Crippen molar-refractivity contribution in [3.05, 3.63) is 202 Å². The van der Waals surface area contributed by atoms with Crippen LogP contribution in [0.15, 0.2) is 200 Å². The van der Waals surface area contributed by atoms with Crippen LogP contribution in [0.2, 0.25) is 0 Å². The van der Waals surface area contributed by atoms with E-state index in [1.165, 1.54) is 42.0 Å². The minimum Gasteiger partial charge on any atom is -0.379 e. The number of anilines is 2. The first-order chi connectivity index (χ1) is 34.1. The van der Waals surface area contributed by atoms with E-state index in [0.29, 0.717) is 52.7 Å². The van der Waals surface area contributed by atoms with E-state index in [1.807, 2.05) is 0 Å². The molecule has 0 radical (unpaired) electrons. The first kappa shape index (κ1) is 46.1. The smallest absolute Gasteiger partial charge is 0.133 e. The molecule has 11 heteroatoms. The third-order valence-electron chi connectivity index (χ3n) is 12.3. The molecule has 2 aliphatic rings. The molecule has 8 aromatic rings. The third-order valence-corrected chi connectivity index (χ3v) is 14.6. The van der Waals surface area contributed by atoms with Gasteiger partial charge in [-0.3, -0.25) is 19.1 Å². The van der Waals surface area contributed by atoms with Crippen molar-refractivity contribution in [3.8, 4) is 11.4 Å². The van der Waals surface area contributed by atoms with Gasteiger partial charge in [0.1, 0.15) is 11.0 Å². The molecule has 0 amide bonds. The number of benzene rings is 6. The molecule has 2 aliphatic heterocycles. The first-order valence-electron chi connectivity index (χ1n) is 23.7. The molecule has 69 heavy (non-hydrogen) atoms. The molecule has 0 fully saturated rings. The second kappa shape index (κ2) is 22.2. The van der Waals surface area contributed by atoms with Crippen LogP contribution >= 0.6 is 23.5 Å². The molecule has 0 saturated heterocycles. The molecular formula is C58H56N6O3S2. The van der Waals surface area contributed by atoms with Crippen molar-refractivity contribution in [1.29, 1.82) is 0 Å². The highest BCUT2D eigenvalue weighted by Gasteiger charge is 2.23. The highest BCUT2D eigenvalue weighted by Crippen LogP contribution is 2.47. The Hall–Kier alpha value is -6.60. The number of para-hydroxylation sites is 6. The Bertz CT molecular complexity index is 3060. The molecular weight excluding hydrogens is 893 g/mol. The predicted molar refractivity (Wildman–Crippen MR) is 286 cm³/mol. The zero-order valence-electron chi connectivity index (χ0n) is 39.1. The lowest BCUT2D eigenvalue weighted by molar-refractivity contribution is 0.0143.